The van der Waals surface area contributed by atoms with Gasteiger partial charge in [0.25, 0.3) is 0 Å². The third-order valence-electron chi connectivity index (χ3n) is 23.3. The van der Waals surface area contributed by atoms with Gasteiger partial charge in [0, 0.05) is 104 Å². The Balaban J connectivity index is 0.000000148. The van der Waals surface area contributed by atoms with Gasteiger partial charge in [-0.25, -0.2) is 0 Å². The van der Waals surface area contributed by atoms with Gasteiger partial charge in [0.1, 0.15) is 0 Å². The Kier molecular flexibility index (Phi) is 16.9. The highest BCUT2D eigenvalue weighted by Gasteiger charge is 2.29. The van der Waals surface area contributed by atoms with E-state index in [-0.39, 0.29) is 29.9 Å². The van der Waals surface area contributed by atoms with Crippen molar-refractivity contribution < 1.29 is 6.85 Å². The molecule has 4 nitrogen and oxygen atoms in total. The van der Waals surface area contributed by atoms with Gasteiger partial charge in [0.05, 0.1) is 38.3 Å². The summed E-state index contributed by atoms with van der Waals surface area (Å²) in [6, 6.07) is 152. The Bertz CT molecular complexity index is 7810. The molecule has 0 aliphatic heterocycles. The summed E-state index contributed by atoms with van der Waals surface area (Å²) in [7, 11) is 0. The first kappa shape index (κ1) is 66.0. The fraction of sp³-hybridized carbons (Fsp3) is 0. The summed E-state index contributed by atoms with van der Waals surface area (Å²) in [6.45, 7) is 0. The molecule has 0 saturated carbocycles. The van der Waals surface area contributed by atoms with Crippen LogP contribution < -0.4 is 9.80 Å². The molecule has 0 radical (unpaired) electrons. The van der Waals surface area contributed by atoms with Gasteiger partial charge in [-0.1, -0.05) is 334 Å². The third kappa shape index (κ3) is 12.8. The number of para-hydroxylation sites is 4. The second-order valence-electron chi connectivity index (χ2n) is 30.2. The average Bonchev–Trinajstić information content (AvgIpc) is 1.54. The molecule has 0 unspecified atom stereocenters. The molecule has 0 spiro atoms. The molecule has 0 aliphatic carbocycles. The first-order chi connectivity index (χ1) is 61.6. The standard InChI is InChI=1S/C60H40N2S.C54H36N2S/c1-5-17-41(18-6-1)43-29-35-48(36-30-43)61(49-37-31-44(32-38-49)42-19-7-2-8-20-42)50-39-33-46(34-40-50)56-55(45-21-9-3-10-22-45)57-51-25-13-15-27-53(51)62(47-23-11-4-12-24-47)59(57)60-58(56)52-26-14-16-28-54(52)63-60;1-4-14-37(15-5-1)39-24-30-43(31-25-39)55(44-32-26-40(27-33-44)38-16-6-2-7-17-38)45-34-28-41(29-35-45)48-36-49-46-20-10-12-22-50(46)56(42-18-8-3-9-19-42)53(49)54-52(48)47-21-11-13-23-51(47)57-54/h1-40H;1-36H/i;3D,8D,9D,18D,19D. The number of thiophene rings is 2. The first-order valence-corrected chi connectivity index (χ1v) is 42.2. The van der Waals surface area contributed by atoms with Gasteiger partial charge in [0.15, 0.2) is 0 Å². The van der Waals surface area contributed by atoms with E-state index in [0.29, 0.717) is 0 Å². The van der Waals surface area contributed by atoms with E-state index in [2.05, 4.69) is 409 Å². The van der Waals surface area contributed by atoms with E-state index in [1.165, 1.54) is 97.6 Å². The van der Waals surface area contributed by atoms with Crippen LogP contribution >= 0.6 is 22.7 Å². The van der Waals surface area contributed by atoms with Gasteiger partial charge in [0.2, 0.25) is 0 Å². The summed E-state index contributed by atoms with van der Waals surface area (Å²) in [5.74, 6) is 0. The van der Waals surface area contributed by atoms with E-state index < -0.39 is 6.04 Å². The molecule has 19 aromatic carbocycles. The number of anilines is 6. The predicted octanol–water partition coefficient (Wildman–Crippen LogP) is 32.9. The van der Waals surface area contributed by atoms with Crippen LogP contribution in [0, 0.1) is 0 Å². The van der Waals surface area contributed by atoms with Crippen molar-refractivity contribution in [2.45, 2.75) is 0 Å². The molecule has 23 aromatic rings. The quantitative estimate of drug-likeness (QED) is 0.102. The minimum absolute atomic E-state index is 0.145. The molecule has 0 N–H and O–H groups in total. The molecule has 4 aromatic heterocycles. The fourth-order valence-electron chi connectivity index (χ4n) is 17.8. The van der Waals surface area contributed by atoms with Crippen molar-refractivity contribution in [3.05, 3.63) is 461 Å². The molecule has 120 heavy (non-hydrogen) atoms. The lowest BCUT2D eigenvalue weighted by Gasteiger charge is -2.26. The van der Waals surface area contributed by atoms with E-state index in [1.54, 1.807) is 11.3 Å². The highest BCUT2D eigenvalue weighted by atomic mass is 32.1. The van der Waals surface area contributed by atoms with Crippen LogP contribution in [0.25, 0.3) is 173 Å². The zero-order chi connectivity index (χ0) is 83.8. The zero-order valence-electron chi connectivity index (χ0n) is 70.1. The van der Waals surface area contributed by atoms with Crippen molar-refractivity contribution in [1.29, 1.82) is 0 Å². The number of benzene rings is 19. The molecule has 4 heterocycles. The Hall–Kier alpha value is -15.2. The van der Waals surface area contributed by atoms with Gasteiger partial charge >= 0.3 is 0 Å². The molecule has 0 amide bonds. The molecular weight excluding hydrogens is 1490 g/mol. The lowest BCUT2D eigenvalue weighted by molar-refractivity contribution is 1.19. The molecule has 23 rings (SSSR count). The number of aromatic nitrogens is 2. The van der Waals surface area contributed by atoms with E-state index in [9.17, 15) is 0 Å². The Morgan fingerprint density at radius 2 is 0.517 bits per heavy atom. The maximum absolute atomic E-state index is 9.04. The topological polar surface area (TPSA) is 16.3 Å². The third-order valence-corrected chi connectivity index (χ3v) is 25.6. The number of hydrogen-bond donors (Lipinski definition) is 0. The second kappa shape index (κ2) is 30.8. The van der Waals surface area contributed by atoms with Crippen molar-refractivity contribution >= 4 is 141 Å². The maximum atomic E-state index is 9.04. The Morgan fingerprint density at radius 1 is 0.217 bits per heavy atom. The van der Waals surface area contributed by atoms with Crippen LogP contribution in [0.2, 0.25) is 0 Å². The largest absolute Gasteiger partial charge is 0.311 e. The van der Waals surface area contributed by atoms with E-state index in [4.69, 9.17) is 6.85 Å². The van der Waals surface area contributed by atoms with Crippen molar-refractivity contribution in [3.63, 3.8) is 0 Å². The van der Waals surface area contributed by atoms with Crippen LogP contribution in [-0.4, -0.2) is 9.13 Å². The van der Waals surface area contributed by atoms with Crippen molar-refractivity contribution in [2.24, 2.45) is 0 Å². The van der Waals surface area contributed by atoms with Crippen LogP contribution in [-0.2, 0) is 0 Å². The lowest BCUT2D eigenvalue weighted by Crippen LogP contribution is -2.09. The lowest BCUT2D eigenvalue weighted by atomic mass is 9.87. The average molecular weight is 1570 g/mol. The summed E-state index contributed by atoms with van der Waals surface area (Å²) < 4.78 is 52.6. The molecule has 6 heteroatoms. The number of hydrogen-bond acceptors (Lipinski definition) is 4. The van der Waals surface area contributed by atoms with Crippen LogP contribution in [0.4, 0.5) is 34.1 Å². The molecule has 0 aliphatic rings. The van der Waals surface area contributed by atoms with Gasteiger partial charge in [-0.05, 0) is 200 Å². The Morgan fingerprint density at radius 3 is 0.950 bits per heavy atom. The van der Waals surface area contributed by atoms with Crippen molar-refractivity contribution in [1.82, 2.24) is 9.13 Å². The summed E-state index contributed by atoms with van der Waals surface area (Å²) in [5.41, 5.74) is 28.2. The van der Waals surface area contributed by atoms with Crippen LogP contribution in [0.3, 0.4) is 0 Å². The first-order valence-electron chi connectivity index (χ1n) is 43.0. The smallest absolute Gasteiger partial charge is 0.0726 e. The molecular formula is C114H76N4S2. The van der Waals surface area contributed by atoms with E-state index >= 15 is 0 Å². The highest BCUT2D eigenvalue weighted by molar-refractivity contribution is 7.27. The fourth-order valence-corrected chi connectivity index (χ4v) is 20.3. The van der Waals surface area contributed by atoms with Gasteiger partial charge < -0.3 is 18.9 Å². The molecule has 0 fully saturated rings. The van der Waals surface area contributed by atoms with E-state index in [0.717, 1.165) is 104 Å². The van der Waals surface area contributed by atoms with Crippen molar-refractivity contribution in [2.75, 3.05) is 9.80 Å². The second-order valence-corrected chi connectivity index (χ2v) is 32.3. The number of fused-ring (bicyclic) bond motifs is 14. The van der Waals surface area contributed by atoms with Gasteiger partial charge in [-0.15, -0.1) is 22.7 Å². The summed E-state index contributed by atoms with van der Waals surface area (Å²) in [5, 5.41) is 9.14. The zero-order valence-corrected chi connectivity index (χ0v) is 66.7. The normalized spacial score (nSPS) is 12.1. The highest BCUT2D eigenvalue weighted by Crippen LogP contribution is 2.55. The van der Waals surface area contributed by atoms with Crippen LogP contribution in [0.5, 0.6) is 0 Å². The SMILES string of the molecule is [2H]c1c([2H])c([2H])c(-n2c3ccccc3c3cc(-c4ccc(N(c5ccc(-c6ccccc6)cc5)c5ccc(-c6ccccc6)cc5)cc4)c4c5ccccc5sc4c32)c([2H])c1[2H].c1ccc(-c2ccc(N(c3ccc(-c4ccccc4)cc3)c3ccc(-c4c(-c5ccccc5)c5c6ccccc6n(-c6ccccc6)c5c5sc6ccccc6c45)cc3)cc2)cc1. The minimum Gasteiger partial charge on any atom is -0.311 e. The van der Waals surface area contributed by atoms with E-state index in [1.807, 2.05) is 52.3 Å². The Labute approximate surface area is 711 Å². The monoisotopic (exact) mass is 1570 g/mol. The number of nitrogens with zero attached hydrogens (tertiary/aromatic N) is 4. The molecule has 0 saturated heterocycles. The molecule has 0 bridgehead atoms. The van der Waals surface area contributed by atoms with Gasteiger partial charge in [-0.3, -0.25) is 0 Å². The number of rotatable bonds is 15. The summed E-state index contributed by atoms with van der Waals surface area (Å²) >= 11 is 3.57. The maximum Gasteiger partial charge on any atom is 0.0726 e. The summed E-state index contributed by atoms with van der Waals surface area (Å²) in [6.07, 6.45) is 0. The van der Waals surface area contributed by atoms with Crippen LogP contribution in [0.15, 0.2) is 461 Å². The van der Waals surface area contributed by atoms with Gasteiger partial charge in [-0.2, -0.15) is 0 Å². The van der Waals surface area contributed by atoms with Crippen LogP contribution in [0.1, 0.15) is 6.85 Å². The molecule has 0 atom stereocenters. The predicted molar refractivity (Wildman–Crippen MR) is 515 cm³/mol. The summed E-state index contributed by atoms with van der Waals surface area (Å²) in [4.78, 5) is 4.66. The minimum atomic E-state index is -0.408. The van der Waals surface area contributed by atoms with Crippen molar-refractivity contribution in [3.8, 4) is 89.3 Å². The molecule has 564 valence electrons.